The predicted molar refractivity (Wildman–Crippen MR) is 86.3 cm³/mol. The second-order valence-corrected chi connectivity index (χ2v) is 4.66. The molecule has 0 aliphatic rings. The maximum absolute atomic E-state index is 14.1. The number of halogens is 1. The number of ether oxygens (including phenoxy) is 1. The second-order valence-electron chi connectivity index (χ2n) is 4.66. The van der Waals surface area contributed by atoms with Gasteiger partial charge in [0.15, 0.2) is 11.6 Å². The van der Waals surface area contributed by atoms with Gasteiger partial charge < -0.3 is 9.84 Å². The Bertz CT molecular complexity index is 701. The van der Waals surface area contributed by atoms with Gasteiger partial charge in [0.2, 0.25) is 0 Å². The molecule has 0 amide bonds. The minimum atomic E-state index is -0.661. The number of rotatable bonds is 4. The number of phenols is 1. The fourth-order valence-corrected chi connectivity index (χ4v) is 1.97. The third-order valence-corrected chi connectivity index (χ3v) is 3.18. The molecule has 0 aliphatic carbocycles. The Morgan fingerprint density at radius 1 is 1.26 bits per heavy atom. The standard InChI is InChI=1S/C15H14FNO4.C2H6/c1-9-7-13(18)10(2)14(16)15(9)21-8-11-5-3-4-6-12(11)17(19)20;1-2/h3-7,18H,8H2,1-2H3;1-2H3. The smallest absolute Gasteiger partial charge is 0.276 e. The molecule has 0 bridgehead atoms. The van der Waals surface area contributed by atoms with E-state index in [0.717, 1.165) is 0 Å². The summed E-state index contributed by atoms with van der Waals surface area (Å²) in [7, 11) is 0. The van der Waals surface area contributed by atoms with E-state index in [4.69, 9.17) is 4.74 Å². The fourth-order valence-electron chi connectivity index (χ4n) is 1.97. The van der Waals surface area contributed by atoms with Crippen LogP contribution in [0.5, 0.6) is 11.5 Å². The largest absolute Gasteiger partial charge is 0.508 e. The van der Waals surface area contributed by atoms with Crippen molar-refractivity contribution in [3.8, 4) is 11.5 Å². The first-order valence-corrected chi connectivity index (χ1v) is 7.25. The van der Waals surface area contributed by atoms with Gasteiger partial charge in [-0.05, 0) is 31.5 Å². The van der Waals surface area contributed by atoms with Crippen LogP contribution in [0.2, 0.25) is 0 Å². The molecule has 0 unspecified atom stereocenters. The minimum Gasteiger partial charge on any atom is -0.508 e. The molecule has 2 aromatic rings. The molecule has 6 heteroatoms. The Kier molecular flexibility index (Phi) is 6.50. The molecule has 0 radical (unpaired) electrons. The number of benzene rings is 2. The molecule has 2 rings (SSSR count). The van der Waals surface area contributed by atoms with Gasteiger partial charge in [0.25, 0.3) is 5.69 Å². The molecule has 1 N–H and O–H groups in total. The van der Waals surface area contributed by atoms with Gasteiger partial charge in [-0.1, -0.05) is 26.0 Å². The summed E-state index contributed by atoms with van der Waals surface area (Å²) < 4.78 is 19.5. The Morgan fingerprint density at radius 3 is 2.48 bits per heavy atom. The van der Waals surface area contributed by atoms with Gasteiger partial charge in [-0.15, -0.1) is 0 Å². The topological polar surface area (TPSA) is 72.6 Å². The summed E-state index contributed by atoms with van der Waals surface area (Å²) in [5, 5.41) is 20.4. The van der Waals surface area contributed by atoms with Crippen LogP contribution in [0.4, 0.5) is 10.1 Å². The van der Waals surface area contributed by atoms with E-state index in [0.29, 0.717) is 11.1 Å². The van der Waals surface area contributed by atoms with Crippen molar-refractivity contribution in [3.05, 3.63) is 63.0 Å². The first-order chi connectivity index (χ1) is 10.9. The van der Waals surface area contributed by atoms with Crippen LogP contribution in [0.3, 0.4) is 0 Å². The van der Waals surface area contributed by atoms with Crippen molar-refractivity contribution in [1.82, 2.24) is 0 Å². The number of nitrogens with zero attached hydrogens (tertiary/aromatic N) is 1. The Morgan fingerprint density at radius 2 is 1.87 bits per heavy atom. The zero-order chi connectivity index (χ0) is 17.6. The molecular formula is C17H20FNO4. The summed E-state index contributed by atoms with van der Waals surface area (Å²) in [5.41, 5.74) is 0.783. The van der Waals surface area contributed by atoms with Crippen molar-refractivity contribution in [3.63, 3.8) is 0 Å². The maximum atomic E-state index is 14.1. The van der Waals surface area contributed by atoms with Gasteiger partial charge in [0.1, 0.15) is 12.4 Å². The maximum Gasteiger partial charge on any atom is 0.276 e. The van der Waals surface area contributed by atoms with Gasteiger partial charge >= 0.3 is 0 Å². The van der Waals surface area contributed by atoms with Crippen LogP contribution in [-0.4, -0.2) is 10.0 Å². The number of para-hydroxylation sites is 1. The molecule has 2 aromatic carbocycles. The van der Waals surface area contributed by atoms with E-state index in [1.165, 1.54) is 19.1 Å². The van der Waals surface area contributed by atoms with E-state index >= 15 is 0 Å². The number of aryl methyl sites for hydroxylation is 1. The monoisotopic (exact) mass is 321 g/mol. The Hall–Kier alpha value is -2.63. The highest BCUT2D eigenvalue weighted by atomic mass is 19.1. The van der Waals surface area contributed by atoms with Crippen LogP contribution in [0, 0.1) is 29.8 Å². The molecule has 5 nitrogen and oxygen atoms in total. The molecule has 124 valence electrons. The summed E-state index contributed by atoms with van der Waals surface area (Å²) in [5.74, 6) is -0.822. The number of nitro benzene ring substituents is 1. The second kappa shape index (κ2) is 8.12. The molecule has 0 spiro atoms. The average Bonchev–Trinajstić information content (AvgIpc) is 2.54. The summed E-state index contributed by atoms with van der Waals surface area (Å²) in [4.78, 5) is 10.4. The third kappa shape index (κ3) is 4.18. The molecule has 0 saturated carbocycles. The number of nitro groups is 1. The van der Waals surface area contributed by atoms with Crippen LogP contribution in [-0.2, 0) is 6.61 Å². The van der Waals surface area contributed by atoms with Gasteiger partial charge in [-0.2, -0.15) is 0 Å². The normalized spacial score (nSPS) is 9.78. The number of phenolic OH excluding ortho intramolecular Hbond substituents is 1. The highest BCUT2D eigenvalue weighted by Crippen LogP contribution is 2.32. The lowest BCUT2D eigenvalue weighted by molar-refractivity contribution is -0.385. The highest BCUT2D eigenvalue weighted by molar-refractivity contribution is 5.46. The quantitative estimate of drug-likeness (QED) is 0.656. The summed E-state index contributed by atoms with van der Waals surface area (Å²) >= 11 is 0. The van der Waals surface area contributed by atoms with Crippen molar-refractivity contribution < 1.29 is 19.2 Å². The fraction of sp³-hybridized carbons (Fsp3) is 0.294. The number of hydrogen-bond donors (Lipinski definition) is 1. The lowest BCUT2D eigenvalue weighted by Gasteiger charge is -2.13. The van der Waals surface area contributed by atoms with Crippen LogP contribution < -0.4 is 4.74 Å². The Balaban J connectivity index is 0.00000127. The summed E-state index contributed by atoms with van der Waals surface area (Å²) in [6.07, 6.45) is 0. The van der Waals surface area contributed by atoms with Gasteiger partial charge in [-0.25, -0.2) is 4.39 Å². The first kappa shape index (κ1) is 18.4. The molecule has 0 fully saturated rings. The lowest BCUT2D eigenvalue weighted by atomic mass is 10.1. The van der Waals surface area contributed by atoms with Gasteiger partial charge in [0.05, 0.1) is 10.5 Å². The summed E-state index contributed by atoms with van der Waals surface area (Å²) in [6.45, 7) is 6.90. The van der Waals surface area contributed by atoms with E-state index < -0.39 is 10.7 Å². The van der Waals surface area contributed by atoms with Crippen LogP contribution in [0.1, 0.15) is 30.5 Å². The SMILES string of the molecule is CC.Cc1cc(O)c(C)c(F)c1OCc1ccccc1[N+](=O)[O-]. The van der Waals surface area contributed by atoms with Crippen molar-refractivity contribution >= 4 is 5.69 Å². The zero-order valence-corrected chi connectivity index (χ0v) is 13.6. The van der Waals surface area contributed by atoms with E-state index in [1.807, 2.05) is 13.8 Å². The Labute approximate surface area is 134 Å². The van der Waals surface area contributed by atoms with Crippen molar-refractivity contribution in [2.24, 2.45) is 0 Å². The summed E-state index contributed by atoms with van der Waals surface area (Å²) in [6, 6.07) is 7.52. The van der Waals surface area contributed by atoms with E-state index in [1.54, 1.807) is 25.1 Å². The van der Waals surface area contributed by atoms with Crippen LogP contribution >= 0.6 is 0 Å². The zero-order valence-electron chi connectivity index (χ0n) is 13.6. The molecule has 23 heavy (non-hydrogen) atoms. The van der Waals surface area contributed by atoms with Crippen LogP contribution in [0.15, 0.2) is 30.3 Å². The molecule has 0 heterocycles. The van der Waals surface area contributed by atoms with Crippen molar-refractivity contribution in [2.75, 3.05) is 0 Å². The van der Waals surface area contributed by atoms with E-state index in [2.05, 4.69) is 0 Å². The first-order valence-electron chi connectivity index (χ1n) is 7.25. The minimum absolute atomic E-state index is 0.0107. The lowest BCUT2D eigenvalue weighted by Crippen LogP contribution is -2.03. The number of aromatic hydroxyl groups is 1. The van der Waals surface area contributed by atoms with Crippen LogP contribution in [0.25, 0.3) is 0 Å². The van der Waals surface area contributed by atoms with E-state index in [9.17, 15) is 19.6 Å². The molecule has 0 saturated heterocycles. The molecule has 0 atom stereocenters. The van der Waals surface area contributed by atoms with Gasteiger partial charge in [0, 0.05) is 11.6 Å². The predicted octanol–water partition coefficient (Wildman–Crippen LogP) is 4.66. The van der Waals surface area contributed by atoms with Crippen molar-refractivity contribution in [2.45, 2.75) is 34.3 Å². The third-order valence-electron chi connectivity index (χ3n) is 3.18. The highest BCUT2D eigenvalue weighted by Gasteiger charge is 2.17. The molecular weight excluding hydrogens is 301 g/mol. The molecule has 0 aliphatic heterocycles. The van der Waals surface area contributed by atoms with Gasteiger partial charge in [-0.3, -0.25) is 10.1 Å². The average molecular weight is 321 g/mol. The number of hydrogen-bond acceptors (Lipinski definition) is 4. The van der Waals surface area contributed by atoms with Crippen molar-refractivity contribution in [1.29, 1.82) is 0 Å². The van der Waals surface area contributed by atoms with E-state index in [-0.39, 0.29) is 29.4 Å². The molecule has 0 aromatic heterocycles.